The molecule has 170 valence electrons. The molecule has 0 saturated carbocycles. The van der Waals surface area contributed by atoms with Gasteiger partial charge in [-0.05, 0) is 62.8 Å². The molecule has 1 amide bonds. The molecule has 4 rings (SSSR count). The molecule has 5 nitrogen and oxygen atoms in total. The van der Waals surface area contributed by atoms with Crippen LogP contribution in [0.5, 0.6) is 0 Å². The second kappa shape index (κ2) is 10.00. The van der Waals surface area contributed by atoms with Gasteiger partial charge >= 0.3 is 0 Å². The first-order chi connectivity index (χ1) is 15.8. The zero-order chi connectivity index (χ0) is 23.5. The number of thioether (sulfide) groups is 1. The lowest BCUT2D eigenvalue weighted by atomic mass is 10.0. The molecule has 1 aromatic heterocycles. The summed E-state index contributed by atoms with van der Waals surface area (Å²) in [5.41, 5.74) is 6.95. The summed E-state index contributed by atoms with van der Waals surface area (Å²) >= 11 is 7.65. The maximum atomic E-state index is 12.7. The van der Waals surface area contributed by atoms with Crippen molar-refractivity contribution in [3.05, 3.63) is 76.8 Å². The number of hydrogen-bond acceptors (Lipinski definition) is 4. The minimum atomic E-state index is -0.350. The van der Waals surface area contributed by atoms with Crippen LogP contribution in [0.15, 0.2) is 65.8 Å². The van der Waals surface area contributed by atoms with Crippen molar-refractivity contribution in [3.8, 4) is 11.1 Å². The van der Waals surface area contributed by atoms with E-state index in [0.29, 0.717) is 15.9 Å². The van der Waals surface area contributed by atoms with Gasteiger partial charge in [-0.1, -0.05) is 65.8 Å². The van der Waals surface area contributed by atoms with Gasteiger partial charge in [0.25, 0.3) is 0 Å². The number of carbonyl (C=O) groups is 1. The van der Waals surface area contributed by atoms with Crippen LogP contribution in [0.2, 0.25) is 5.02 Å². The zero-order valence-electron chi connectivity index (χ0n) is 19.1. The number of amides is 1. The highest BCUT2D eigenvalue weighted by molar-refractivity contribution is 8.00. The summed E-state index contributed by atoms with van der Waals surface area (Å²) < 4.78 is 0. The molecular formula is C26H27ClN4OS. The Morgan fingerprint density at radius 3 is 2.61 bits per heavy atom. The van der Waals surface area contributed by atoms with Crippen molar-refractivity contribution < 1.29 is 4.79 Å². The topological polar surface area (TPSA) is 61.0 Å². The summed E-state index contributed by atoms with van der Waals surface area (Å²) in [6.45, 7) is 4.73. The minimum Gasteiger partial charge on any atom is -0.333 e. The number of fused-ring (bicyclic) bond motifs is 1. The van der Waals surface area contributed by atoms with Crippen LogP contribution in [0.1, 0.15) is 18.1 Å². The van der Waals surface area contributed by atoms with Gasteiger partial charge in [-0.15, -0.1) is 0 Å². The van der Waals surface area contributed by atoms with Crippen LogP contribution in [0, 0.1) is 6.92 Å². The third-order valence-electron chi connectivity index (χ3n) is 5.29. The van der Waals surface area contributed by atoms with Gasteiger partial charge in [0.2, 0.25) is 5.91 Å². The summed E-state index contributed by atoms with van der Waals surface area (Å²) in [6, 6.07) is 20.3. The van der Waals surface area contributed by atoms with E-state index in [1.165, 1.54) is 17.3 Å². The highest BCUT2D eigenvalue weighted by Gasteiger charge is 2.18. The number of benzene rings is 3. The van der Waals surface area contributed by atoms with Crippen molar-refractivity contribution in [1.82, 2.24) is 14.9 Å². The second-order valence-corrected chi connectivity index (χ2v) is 10.1. The van der Waals surface area contributed by atoms with Gasteiger partial charge in [0.05, 0.1) is 27.0 Å². The molecule has 1 heterocycles. The number of aromatic nitrogens is 2. The van der Waals surface area contributed by atoms with Crippen molar-refractivity contribution in [2.75, 3.05) is 19.4 Å². The molecule has 0 spiro atoms. The lowest BCUT2D eigenvalue weighted by molar-refractivity contribution is -0.115. The summed E-state index contributed by atoms with van der Waals surface area (Å²) in [5, 5.41) is 3.80. The highest BCUT2D eigenvalue weighted by Crippen LogP contribution is 2.31. The predicted molar refractivity (Wildman–Crippen MR) is 139 cm³/mol. The maximum Gasteiger partial charge on any atom is 0.237 e. The van der Waals surface area contributed by atoms with E-state index in [9.17, 15) is 4.79 Å². The summed E-state index contributed by atoms with van der Waals surface area (Å²) in [5.74, 6) is -0.122. The molecule has 0 radical (unpaired) electrons. The van der Waals surface area contributed by atoms with Gasteiger partial charge in [-0.2, -0.15) is 0 Å². The Kier molecular flexibility index (Phi) is 7.08. The van der Waals surface area contributed by atoms with E-state index >= 15 is 0 Å². The Morgan fingerprint density at radius 1 is 1.15 bits per heavy atom. The molecule has 0 saturated heterocycles. The number of halogens is 1. The van der Waals surface area contributed by atoms with E-state index in [2.05, 4.69) is 59.6 Å². The largest absolute Gasteiger partial charge is 0.333 e. The average Bonchev–Trinajstić information content (AvgIpc) is 3.18. The van der Waals surface area contributed by atoms with E-state index in [-0.39, 0.29) is 11.2 Å². The van der Waals surface area contributed by atoms with Gasteiger partial charge in [-0.3, -0.25) is 4.79 Å². The SMILES string of the molecule is Cc1ccc(NC(=O)C(C)Sc2nc3c(-c4ccc(CN(C)C)cc4)cccc3[nH]2)c(Cl)c1. The van der Waals surface area contributed by atoms with Gasteiger partial charge < -0.3 is 15.2 Å². The van der Waals surface area contributed by atoms with Crippen LogP contribution < -0.4 is 5.32 Å². The zero-order valence-corrected chi connectivity index (χ0v) is 20.7. The van der Waals surface area contributed by atoms with E-state index < -0.39 is 0 Å². The van der Waals surface area contributed by atoms with E-state index in [1.807, 2.05) is 44.2 Å². The van der Waals surface area contributed by atoms with E-state index in [0.717, 1.165) is 34.3 Å². The molecular weight excluding hydrogens is 452 g/mol. The van der Waals surface area contributed by atoms with Crippen LogP contribution in [0.25, 0.3) is 22.2 Å². The summed E-state index contributed by atoms with van der Waals surface area (Å²) in [6.07, 6.45) is 0. The minimum absolute atomic E-state index is 0.122. The Balaban J connectivity index is 1.52. The fourth-order valence-corrected chi connectivity index (χ4v) is 4.73. The van der Waals surface area contributed by atoms with Gasteiger partial charge in [0.15, 0.2) is 5.16 Å². The smallest absolute Gasteiger partial charge is 0.237 e. The normalized spacial score (nSPS) is 12.3. The van der Waals surface area contributed by atoms with E-state index in [4.69, 9.17) is 16.6 Å². The number of nitrogens with one attached hydrogen (secondary N) is 2. The maximum absolute atomic E-state index is 12.7. The standard InChI is InChI=1S/C26H27ClN4OS/c1-16-8-13-22(21(27)14-16)28-25(32)17(2)33-26-29-23-7-5-6-20(24(23)30-26)19-11-9-18(10-12-19)15-31(3)4/h5-14,17H,15H2,1-4H3,(H,28,32)(H,29,30). The first-order valence-electron chi connectivity index (χ1n) is 10.8. The molecule has 0 fully saturated rings. The number of aryl methyl sites for hydroxylation is 1. The first-order valence-corrected chi connectivity index (χ1v) is 12.0. The van der Waals surface area contributed by atoms with Crippen LogP contribution in [0.3, 0.4) is 0 Å². The number of nitrogens with zero attached hydrogens (tertiary/aromatic N) is 2. The molecule has 7 heteroatoms. The molecule has 33 heavy (non-hydrogen) atoms. The lowest BCUT2D eigenvalue weighted by Crippen LogP contribution is -2.22. The monoisotopic (exact) mass is 478 g/mol. The van der Waals surface area contributed by atoms with Crippen molar-refractivity contribution in [3.63, 3.8) is 0 Å². The number of imidazole rings is 1. The molecule has 1 atom stereocenters. The first kappa shape index (κ1) is 23.4. The highest BCUT2D eigenvalue weighted by atomic mass is 35.5. The summed E-state index contributed by atoms with van der Waals surface area (Å²) in [7, 11) is 4.13. The van der Waals surface area contributed by atoms with Gasteiger partial charge in [0.1, 0.15) is 0 Å². The number of H-pyrrole nitrogens is 1. The predicted octanol–water partition coefficient (Wildman–Crippen LogP) is 6.37. The Morgan fingerprint density at radius 2 is 1.91 bits per heavy atom. The second-order valence-electron chi connectivity index (χ2n) is 8.41. The number of hydrogen-bond donors (Lipinski definition) is 2. The Labute approximate surface area is 203 Å². The molecule has 0 aliphatic carbocycles. The van der Waals surface area contributed by atoms with Crippen molar-refractivity contribution in [1.29, 1.82) is 0 Å². The molecule has 0 aliphatic rings. The Bertz CT molecular complexity index is 1280. The molecule has 0 bridgehead atoms. The molecule has 4 aromatic rings. The van der Waals surface area contributed by atoms with Crippen LogP contribution >= 0.6 is 23.4 Å². The third-order valence-corrected chi connectivity index (χ3v) is 6.59. The van der Waals surface area contributed by atoms with Crippen molar-refractivity contribution in [2.45, 2.75) is 30.8 Å². The van der Waals surface area contributed by atoms with Crippen LogP contribution in [-0.4, -0.2) is 40.1 Å². The average molecular weight is 479 g/mol. The molecule has 3 aromatic carbocycles. The number of anilines is 1. The fraction of sp³-hybridized carbons (Fsp3) is 0.231. The fourth-order valence-electron chi connectivity index (χ4n) is 3.63. The lowest BCUT2D eigenvalue weighted by Gasteiger charge is -2.12. The van der Waals surface area contributed by atoms with E-state index in [1.54, 1.807) is 0 Å². The molecule has 1 unspecified atom stereocenters. The summed E-state index contributed by atoms with van der Waals surface area (Å²) in [4.78, 5) is 23.0. The van der Waals surface area contributed by atoms with Crippen molar-refractivity contribution >= 4 is 46.0 Å². The van der Waals surface area contributed by atoms with Crippen LogP contribution in [0.4, 0.5) is 5.69 Å². The van der Waals surface area contributed by atoms with Crippen molar-refractivity contribution in [2.24, 2.45) is 0 Å². The Hall–Kier alpha value is -2.80. The number of carbonyl (C=O) groups excluding carboxylic acids is 1. The number of aromatic amines is 1. The molecule has 0 aliphatic heterocycles. The van der Waals surface area contributed by atoms with Gasteiger partial charge in [0, 0.05) is 12.1 Å². The quantitative estimate of drug-likeness (QED) is 0.303. The molecule has 2 N–H and O–H groups in total. The van der Waals surface area contributed by atoms with Crippen LogP contribution in [-0.2, 0) is 11.3 Å². The number of rotatable bonds is 7. The number of para-hydroxylation sites is 1. The van der Waals surface area contributed by atoms with Gasteiger partial charge in [-0.25, -0.2) is 4.98 Å². The third kappa shape index (κ3) is 5.58.